The number of rotatable bonds is 5. The molecular formula is C18H18BrNO4S. The monoisotopic (exact) mass is 423 g/mol. The van der Waals surface area contributed by atoms with Gasteiger partial charge in [-0.1, -0.05) is 34.6 Å². The van der Waals surface area contributed by atoms with Gasteiger partial charge in [-0.25, -0.2) is 8.42 Å². The molecule has 1 N–H and O–H groups in total. The third-order valence-corrected chi connectivity index (χ3v) is 4.79. The van der Waals surface area contributed by atoms with E-state index in [1.807, 2.05) is 24.3 Å². The van der Waals surface area contributed by atoms with Gasteiger partial charge in [0.1, 0.15) is 17.6 Å². The van der Waals surface area contributed by atoms with Crippen LogP contribution in [0.15, 0.2) is 47.5 Å². The number of ether oxygens (including phenoxy) is 2. The molecule has 5 nitrogen and oxygen atoms in total. The minimum atomic E-state index is -3.36. The summed E-state index contributed by atoms with van der Waals surface area (Å²) in [7, 11) is -1.75. The first kappa shape index (κ1) is 17.8. The molecule has 0 bridgehead atoms. The molecule has 25 heavy (non-hydrogen) atoms. The zero-order valence-electron chi connectivity index (χ0n) is 13.9. The lowest BCUT2D eigenvalue weighted by molar-refractivity contribution is 0.204. The largest absolute Gasteiger partial charge is 0.496 e. The summed E-state index contributed by atoms with van der Waals surface area (Å²) < 4.78 is 38.0. The van der Waals surface area contributed by atoms with E-state index in [1.165, 1.54) is 0 Å². The number of methoxy groups -OCH3 is 1. The van der Waals surface area contributed by atoms with Crippen molar-refractivity contribution < 1.29 is 17.9 Å². The summed E-state index contributed by atoms with van der Waals surface area (Å²) in [4.78, 5) is 0. The van der Waals surface area contributed by atoms with Gasteiger partial charge in [0.25, 0.3) is 0 Å². The molecule has 1 unspecified atom stereocenters. The summed E-state index contributed by atoms with van der Waals surface area (Å²) in [5, 5.41) is 0. The molecule has 0 saturated carbocycles. The van der Waals surface area contributed by atoms with Crippen molar-refractivity contribution in [3.05, 3.63) is 53.0 Å². The van der Waals surface area contributed by atoms with Gasteiger partial charge in [-0.05, 0) is 34.3 Å². The highest BCUT2D eigenvalue weighted by Crippen LogP contribution is 2.49. The molecular weight excluding hydrogens is 406 g/mol. The number of halogens is 1. The molecule has 1 aliphatic rings. The predicted molar refractivity (Wildman–Crippen MR) is 103 cm³/mol. The number of fused-ring (bicyclic) bond motifs is 3. The van der Waals surface area contributed by atoms with Gasteiger partial charge >= 0.3 is 0 Å². The van der Waals surface area contributed by atoms with Gasteiger partial charge in [-0.3, -0.25) is 4.72 Å². The Morgan fingerprint density at radius 3 is 2.76 bits per heavy atom. The number of anilines is 1. The van der Waals surface area contributed by atoms with Gasteiger partial charge in [-0.2, -0.15) is 0 Å². The van der Waals surface area contributed by atoms with Crippen molar-refractivity contribution in [2.75, 3.05) is 18.1 Å². The summed E-state index contributed by atoms with van der Waals surface area (Å²) in [5.41, 5.74) is 3.19. The molecule has 7 heteroatoms. The van der Waals surface area contributed by atoms with Crippen molar-refractivity contribution in [3.8, 4) is 22.6 Å². The van der Waals surface area contributed by atoms with E-state index in [-0.39, 0.29) is 6.10 Å². The van der Waals surface area contributed by atoms with E-state index >= 15 is 0 Å². The lowest BCUT2D eigenvalue weighted by atomic mass is 9.90. The minimum Gasteiger partial charge on any atom is -0.496 e. The first-order chi connectivity index (χ1) is 11.8. The van der Waals surface area contributed by atoms with Crippen LogP contribution in [0.4, 0.5) is 5.69 Å². The van der Waals surface area contributed by atoms with Crippen LogP contribution in [0.3, 0.4) is 0 Å². The second-order valence-electron chi connectivity index (χ2n) is 5.84. The maximum absolute atomic E-state index is 11.5. The van der Waals surface area contributed by atoms with Crippen LogP contribution in [0.5, 0.6) is 11.5 Å². The normalized spacial score (nSPS) is 15.6. The fraction of sp³-hybridized carbons (Fsp3) is 0.222. The number of sulfonamides is 1. The van der Waals surface area contributed by atoms with Crippen LogP contribution < -0.4 is 14.2 Å². The van der Waals surface area contributed by atoms with Gasteiger partial charge in [0.15, 0.2) is 0 Å². The Morgan fingerprint density at radius 1 is 1.36 bits per heavy atom. The maximum atomic E-state index is 11.5. The van der Waals surface area contributed by atoms with Crippen LogP contribution >= 0.6 is 15.9 Å². The van der Waals surface area contributed by atoms with Crippen LogP contribution in [-0.4, -0.2) is 21.8 Å². The highest BCUT2D eigenvalue weighted by molar-refractivity contribution is 9.11. The first-order valence-corrected chi connectivity index (χ1v) is 10.3. The van der Waals surface area contributed by atoms with E-state index in [0.29, 0.717) is 17.9 Å². The van der Waals surface area contributed by atoms with Gasteiger partial charge in [0, 0.05) is 17.7 Å². The lowest BCUT2D eigenvalue weighted by Gasteiger charge is -2.30. The molecule has 0 aliphatic carbocycles. The number of hydrogen-bond acceptors (Lipinski definition) is 4. The third kappa shape index (κ3) is 3.82. The van der Waals surface area contributed by atoms with Crippen molar-refractivity contribution in [1.82, 2.24) is 0 Å². The Bertz CT molecular complexity index is 940. The number of benzene rings is 2. The summed E-state index contributed by atoms with van der Waals surface area (Å²) in [5.74, 6) is 1.44. The summed E-state index contributed by atoms with van der Waals surface area (Å²) in [6.45, 7) is 3.89. The van der Waals surface area contributed by atoms with Gasteiger partial charge in [0.2, 0.25) is 10.0 Å². The molecule has 1 heterocycles. The average molecular weight is 424 g/mol. The zero-order valence-corrected chi connectivity index (χ0v) is 16.3. The van der Waals surface area contributed by atoms with Crippen LogP contribution in [0.2, 0.25) is 0 Å². The fourth-order valence-electron chi connectivity index (χ4n) is 2.95. The number of nitrogens with one attached hydrogen (secondary N) is 1. The molecule has 1 atom stereocenters. The average Bonchev–Trinajstić information content (AvgIpc) is 2.52. The van der Waals surface area contributed by atoms with E-state index in [9.17, 15) is 8.42 Å². The smallest absolute Gasteiger partial charge is 0.229 e. The highest BCUT2D eigenvalue weighted by atomic mass is 79.9. The SMILES string of the molecule is C=C(Br)CC1Oc2cccc(OC)c2-c2ccc(NS(C)(=O)=O)cc21. The quantitative estimate of drug-likeness (QED) is 0.770. The van der Waals surface area contributed by atoms with Crippen molar-refractivity contribution in [3.63, 3.8) is 0 Å². The lowest BCUT2D eigenvalue weighted by Crippen LogP contribution is -2.16. The van der Waals surface area contributed by atoms with Crippen molar-refractivity contribution in [1.29, 1.82) is 0 Å². The Morgan fingerprint density at radius 2 is 2.12 bits per heavy atom. The highest BCUT2D eigenvalue weighted by Gasteiger charge is 2.29. The Balaban J connectivity index is 2.17. The Labute approximate surface area is 155 Å². The van der Waals surface area contributed by atoms with E-state index in [2.05, 4.69) is 27.2 Å². The predicted octanol–water partition coefficient (Wildman–Crippen LogP) is 4.47. The molecule has 0 radical (unpaired) electrons. The van der Waals surface area contributed by atoms with E-state index in [1.54, 1.807) is 19.2 Å². The third-order valence-electron chi connectivity index (χ3n) is 3.86. The van der Waals surface area contributed by atoms with Gasteiger partial charge < -0.3 is 9.47 Å². The number of hydrogen-bond donors (Lipinski definition) is 1. The first-order valence-electron chi connectivity index (χ1n) is 7.57. The molecule has 0 aromatic heterocycles. The Kier molecular flexibility index (Phi) is 4.79. The molecule has 0 fully saturated rings. The van der Waals surface area contributed by atoms with Gasteiger partial charge in [-0.15, -0.1) is 0 Å². The summed E-state index contributed by atoms with van der Waals surface area (Å²) in [6, 6.07) is 11.1. The molecule has 2 aromatic carbocycles. The topological polar surface area (TPSA) is 64.6 Å². The molecule has 0 amide bonds. The van der Waals surface area contributed by atoms with Crippen LogP contribution in [0.1, 0.15) is 18.1 Å². The molecule has 1 aliphatic heterocycles. The Hall–Kier alpha value is -1.99. The standard InChI is InChI=1S/C18H18BrNO4S/c1-11(19)9-17-14-10-12(20-25(3,21)22)7-8-13(14)18-15(23-2)5-4-6-16(18)24-17/h4-8,10,17,20H,1,9H2,2-3H3. The van der Waals surface area contributed by atoms with Crippen molar-refractivity contribution in [2.45, 2.75) is 12.5 Å². The van der Waals surface area contributed by atoms with Gasteiger partial charge in [0.05, 0.1) is 18.9 Å². The molecule has 2 aromatic rings. The minimum absolute atomic E-state index is 0.275. The van der Waals surface area contributed by atoms with E-state index < -0.39 is 10.0 Å². The summed E-state index contributed by atoms with van der Waals surface area (Å²) in [6.07, 6.45) is 1.41. The zero-order chi connectivity index (χ0) is 18.2. The van der Waals surface area contributed by atoms with Crippen molar-refractivity contribution in [2.24, 2.45) is 0 Å². The molecule has 0 saturated heterocycles. The summed E-state index contributed by atoms with van der Waals surface area (Å²) >= 11 is 3.39. The van der Waals surface area contributed by atoms with Crippen LogP contribution in [0, 0.1) is 0 Å². The molecule has 0 spiro atoms. The van der Waals surface area contributed by atoms with E-state index in [4.69, 9.17) is 9.47 Å². The fourth-order valence-corrected chi connectivity index (χ4v) is 3.80. The van der Waals surface area contributed by atoms with Crippen LogP contribution in [-0.2, 0) is 10.0 Å². The van der Waals surface area contributed by atoms with Crippen LogP contribution in [0.25, 0.3) is 11.1 Å². The van der Waals surface area contributed by atoms with E-state index in [0.717, 1.165) is 33.2 Å². The molecule has 132 valence electrons. The van der Waals surface area contributed by atoms with Crippen molar-refractivity contribution >= 4 is 31.6 Å². The second kappa shape index (κ2) is 6.72. The second-order valence-corrected chi connectivity index (χ2v) is 8.71. The maximum Gasteiger partial charge on any atom is 0.229 e. The molecule has 3 rings (SSSR count).